The highest BCUT2D eigenvalue weighted by molar-refractivity contribution is 6.09. The number of anilines is 2. The molecule has 0 aliphatic heterocycles. The van der Waals surface area contributed by atoms with E-state index in [1.165, 1.54) is 12.1 Å². The third-order valence-electron chi connectivity index (χ3n) is 4.98. The number of hydrogen-bond acceptors (Lipinski definition) is 5. The third kappa shape index (κ3) is 4.45. The minimum Gasteiger partial charge on any atom is -0.455 e. The van der Waals surface area contributed by atoms with Gasteiger partial charge < -0.3 is 9.73 Å². The van der Waals surface area contributed by atoms with Crippen molar-refractivity contribution in [2.45, 2.75) is 32.4 Å². The van der Waals surface area contributed by atoms with Crippen LogP contribution in [-0.2, 0) is 12.6 Å². The number of aryl methyl sites for hydroxylation is 1. The molecule has 0 saturated carbocycles. The second-order valence-electron chi connectivity index (χ2n) is 7.15. The van der Waals surface area contributed by atoms with Crippen LogP contribution in [-0.4, -0.2) is 16.6 Å². The summed E-state index contributed by atoms with van der Waals surface area (Å²) in [5, 5.41) is 7.10. The minimum absolute atomic E-state index is 0.190. The lowest BCUT2D eigenvalue weighted by Crippen LogP contribution is -2.14. The second-order valence-corrected chi connectivity index (χ2v) is 7.15. The molecule has 0 radical (unpaired) electrons. The predicted octanol–water partition coefficient (Wildman–Crippen LogP) is 5.41. The zero-order valence-corrected chi connectivity index (χ0v) is 16.6. The van der Waals surface area contributed by atoms with Crippen LogP contribution >= 0.6 is 0 Å². The summed E-state index contributed by atoms with van der Waals surface area (Å²) in [7, 11) is 0. The van der Waals surface area contributed by atoms with Crippen molar-refractivity contribution in [3.63, 3.8) is 0 Å². The number of aromatic nitrogens is 1. The van der Waals surface area contributed by atoms with E-state index in [2.05, 4.69) is 20.8 Å². The molecular formula is C22H19F3N4O2. The largest absolute Gasteiger partial charge is 0.455 e. The van der Waals surface area contributed by atoms with Crippen molar-refractivity contribution in [2.75, 3.05) is 10.7 Å². The minimum atomic E-state index is -4.43. The van der Waals surface area contributed by atoms with Crippen LogP contribution in [0.2, 0.25) is 0 Å². The topological polar surface area (TPSA) is 79.5 Å². The maximum Gasteiger partial charge on any atom is 0.416 e. The van der Waals surface area contributed by atoms with E-state index in [1.54, 1.807) is 31.5 Å². The Bertz CT molecular complexity index is 1140. The molecular weight excluding hydrogens is 409 g/mol. The first-order valence-electron chi connectivity index (χ1n) is 9.67. The molecule has 1 aliphatic rings. The highest BCUT2D eigenvalue weighted by Gasteiger charge is 2.31. The van der Waals surface area contributed by atoms with Gasteiger partial charge in [0.2, 0.25) is 0 Å². The van der Waals surface area contributed by atoms with E-state index in [9.17, 15) is 18.0 Å². The number of fused-ring (bicyclic) bond motifs is 1. The second kappa shape index (κ2) is 8.25. The number of amides is 1. The van der Waals surface area contributed by atoms with Crippen molar-refractivity contribution < 1.29 is 22.4 Å². The highest BCUT2D eigenvalue weighted by atomic mass is 19.4. The number of hydrogen-bond donors (Lipinski definition) is 2. The number of halogens is 3. The monoisotopic (exact) mass is 428 g/mol. The molecule has 31 heavy (non-hydrogen) atoms. The summed E-state index contributed by atoms with van der Waals surface area (Å²) < 4.78 is 44.6. The highest BCUT2D eigenvalue weighted by Crippen LogP contribution is 2.32. The van der Waals surface area contributed by atoms with Gasteiger partial charge in [0, 0.05) is 35.6 Å². The Labute approximate surface area is 176 Å². The molecule has 160 valence electrons. The number of furan rings is 1. The Balaban J connectivity index is 1.59. The summed E-state index contributed by atoms with van der Waals surface area (Å²) in [5.41, 5.74) is 4.79. The smallest absolute Gasteiger partial charge is 0.416 e. The molecule has 2 N–H and O–H groups in total. The van der Waals surface area contributed by atoms with E-state index < -0.39 is 11.7 Å². The van der Waals surface area contributed by atoms with Crippen LogP contribution in [0.15, 0.2) is 58.3 Å². The number of rotatable bonds is 4. The number of nitrogens with one attached hydrogen (secondary N) is 2. The van der Waals surface area contributed by atoms with E-state index in [0.29, 0.717) is 35.6 Å². The maximum atomic E-state index is 12.9. The molecule has 0 spiro atoms. The molecule has 1 aromatic carbocycles. The average molecular weight is 428 g/mol. The predicted molar refractivity (Wildman–Crippen MR) is 110 cm³/mol. The molecule has 4 rings (SSSR count). The number of benzene rings is 1. The molecule has 1 amide bonds. The summed E-state index contributed by atoms with van der Waals surface area (Å²) in [4.78, 5) is 16.6. The van der Waals surface area contributed by atoms with Gasteiger partial charge in [-0.1, -0.05) is 6.07 Å². The molecule has 0 fully saturated rings. The molecule has 3 aromatic rings. The van der Waals surface area contributed by atoms with Crippen LogP contribution in [0.5, 0.6) is 0 Å². The molecule has 9 heteroatoms. The summed E-state index contributed by atoms with van der Waals surface area (Å²) in [6, 6.07) is 8.18. The standard InChI is InChI=1S/C22H19F3N4O2/c1-13-19-17(29-28-16-5-2-4-14(12-16)22(23,24)25)6-3-7-18(19)31-20(13)21(30)27-15-8-10-26-11-9-15/h2,4-5,8-12,28H,3,6-7H2,1H3,(H,26,27,30)/b29-17+. The van der Waals surface area contributed by atoms with Gasteiger partial charge in [-0.15, -0.1) is 0 Å². The Morgan fingerprint density at radius 2 is 1.90 bits per heavy atom. The molecule has 2 heterocycles. The third-order valence-corrected chi connectivity index (χ3v) is 4.98. The van der Waals surface area contributed by atoms with E-state index in [4.69, 9.17) is 4.42 Å². The van der Waals surface area contributed by atoms with Crippen LogP contribution < -0.4 is 10.7 Å². The Morgan fingerprint density at radius 1 is 1.13 bits per heavy atom. The van der Waals surface area contributed by atoms with Crippen molar-refractivity contribution in [3.8, 4) is 0 Å². The van der Waals surface area contributed by atoms with Crippen molar-refractivity contribution in [1.29, 1.82) is 0 Å². The number of carbonyl (C=O) groups is 1. The molecule has 2 aromatic heterocycles. The number of alkyl halides is 3. The van der Waals surface area contributed by atoms with E-state index in [-0.39, 0.29) is 17.4 Å². The average Bonchev–Trinajstić information content (AvgIpc) is 3.10. The van der Waals surface area contributed by atoms with Crippen LogP contribution in [0.25, 0.3) is 0 Å². The normalized spacial score (nSPS) is 14.9. The zero-order valence-electron chi connectivity index (χ0n) is 16.6. The molecule has 0 saturated heterocycles. The van der Waals surface area contributed by atoms with Crippen LogP contribution in [0.1, 0.15) is 45.8 Å². The Hall–Kier alpha value is -3.62. The first-order valence-corrected chi connectivity index (χ1v) is 9.67. The van der Waals surface area contributed by atoms with Crippen LogP contribution in [0, 0.1) is 6.92 Å². The number of pyridine rings is 1. The Morgan fingerprint density at radius 3 is 2.65 bits per heavy atom. The summed E-state index contributed by atoms with van der Waals surface area (Å²) in [6.45, 7) is 1.77. The Kier molecular flexibility index (Phi) is 5.50. The van der Waals surface area contributed by atoms with Gasteiger partial charge in [-0.25, -0.2) is 0 Å². The van der Waals surface area contributed by atoms with Crippen molar-refractivity contribution >= 4 is 23.0 Å². The van der Waals surface area contributed by atoms with Crippen LogP contribution in [0.4, 0.5) is 24.5 Å². The molecule has 0 bridgehead atoms. The van der Waals surface area contributed by atoms with Gasteiger partial charge in [-0.2, -0.15) is 18.3 Å². The van der Waals surface area contributed by atoms with Gasteiger partial charge in [0.05, 0.1) is 17.0 Å². The maximum absolute atomic E-state index is 12.9. The van der Waals surface area contributed by atoms with Crippen molar-refractivity contribution in [2.24, 2.45) is 5.10 Å². The van der Waals surface area contributed by atoms with E-state index >= 15 is 0 Å². The van der Waals surface area contributed by atoms with E-state index in [0.717, 1.165) is 24.1 Å². The zero-order chi connectivity index (χ0) is 22.0. The lowest BCUT2D eigenvalue weighted by atomic mass is 9.93. The van der Waals surface area contributed by atoms with Crippen molar-refractivity contribution in [1.82, 2.24) is 4.98 Å². The van der Waals surface area contributed by atoms with E-state index in [1.807, 2.05) is 0 Å². The molecule has 6 nitrogen and oxygen atoms in total. The molecule has 1 aliphatic carbocycles. The summed E-state index contributed by atoms with van der Waals surface area (Å²) in [6.07, 6.45) is 0.737. The fraction of sp³-hybridized carbons (Fsp3) is 0.227. The lowest BCUT2D eigenvalue weighted by molar-refractivity contribution is -0.137. The first kappa shape index (κ1) is 20.6. The van der Waals surface area contributed by atoms with Crippen LogP contribution in [0.3, 0.4) is 0 Å². The lowest BCUT2D eigenvalue weighted by Gasteiger charge is -2.14. The SMILES string of the molecule is Cc1c(C(=O)Nc2ccncc2)oc2c1/C(=N/Nc1cccc(C(F)(F)F)c1)CCC2. The number of nitrogens with zero attached hydrogens (tertiary/aromatic N) is 2. The van der Waals surface area contributed by atoms with Gasteiger partial charge in [0.15, 0.2) is 5.76 Å². The van der Waals surface area contributed by atoms with Gasteiger partial charge in [-0.3, -0.25) is 15.2 Å². The number of carbonyl (C=O) groups excluding carboxylic acids is 1. The van der Waals surface area contributed by atoms with Gasteiger partial charge in [0.1, 0.15) is 5.76 Å². The first-order chi connectivity index (χ1) is 14.8. The van der Waals surface area contributed by atoms with Gasteiger partial charge in [0.25, 0.3) is 5.91 Å². The fourth-order valence-electron chi connectivity index (χ4n) is 3.52. The van der Waals surface area contributed by atoms with Gasteiger partial charge in [-0.05, 0) is 50.1 Å². The summed E-state index contributed by atoms with van der Waals surface area (Å²) in [5.74, 6) is 0.451. The summed E-state index contributed by atoms with van der Waals surface area (Å²) >= 11 is 0. The fourth-order valence-corrected chi connectivity index (χ4v) is 3.52. The molecule has 0 atom stereocenters. The van der Waals surface area contributed by atoms with Crippen molar-refractivity contribution in [3.05, 3.63) is 77.0 Å². The molecule has 0 unspecified atom stereocenters. The van der Waals surface area contributed by atoms with Gasteiger partial charge >= 0.3 is 6.18 Å². The quantitative estimate of drug-likeness (QED) is 0.545. The number of hydrazone groups is 1.